The van der Waals surface area contributed by atoms with Crippen LogP contribution in [0, 0.1) is 0 Å². The van der Waals surface area contributed by atoms with Gasteiger partial charge in [0.1, 0.15) is 0 Å². The summed E-state index contributed by atoms with van der Waals surface area (Å²) in [7, 11) is 0. The van der Waals surface area contributed by atoms with E-state index in [2.05, 4.69) is 39.7 Å². The molecule has 0 saturated heterocycles. The molecule has 0 spiro atoms. The highest BCUT2D eigenvalue weighted by molar-refractivity contribution is 5.53. The molecule has 1 saturated carbocycles. The summed E-state index contributed by atoms with van der Waals surface area (Å²) in [5, 5.41) is 7.53. The van der Waals surface area contributed by atoms with E-state index in [0.717, 1.165) is 24.7 Å². The first-order valence-electron chi connectivity index (χ1n) is 6.55. The molecule has 4 nitrogen and oxygen atoms in total. The lowest BCUT2D eigenvalue weighted by Crippen LogP contribution is -2.21. The summed E-state index contributed by atoms with van der Waals surface area (Å²) < 4.78 is 5.42. The fourth-order valence-corrected chi connectivity index (χ4v) is 2.54. The van der Waals surface area contributed by atoms with Crippen LogP contribution >= 0.6 is 0 Å². The number of benzene rings is 1. The predicted octanol–water partition coefficient (Wildman–Crippen LogP) is 2.70. The second kappa shape index (κ2) is 3.83. The van der Waals surface area contributed by atoms with E-state index in [4.69, 9.17) is 4.52 Å². The summed E-state index contributed by atoms with van der Waals surface area (Å²) in [5.41, 5.74) is 2.57. The average molecular weight is 241 g/mol. The molecule has 92 valence electrons. The van der Waals surface area contributed by atoms with Gasteiger partial charge < -0.3 is 9.84 Å². The normalized spacial score (nSPS) is 22.3. The smallest absolute Gasteiger partial charge is 0.231 e. The molecular formula is C14H15N3O. The first kappa shape index (κ1) is 10.1. The van der Waals surface area contributed by atoms with Crippen LogP contribution in [0.3, 0.4) is 0 Å². The monoisotopic (exact) mass is 241 g/mol. The quantitative estimate of drug-likeness (QED) is 0.878. The Kier molecular flexibility index (Phi) is 2.15. The van der Waals surface area contributed by atoms with Gasteiger partial charge in [0.25, 0.3) is 0 Å². The SMILES string of the molecule is c1ccc2c(c1)CC(c1nc(C3CC3)no1)CN2. The predicted molar refractivity (Wildman–Crippen MR) is 67.6 cm³/mol. The number of rotatable bonds is 2. The van der Waals surface area contributed by atoms with Gasteiger partial charge in [0.2, 0.25) is 5.89 Å². The molecule has 0 bridgehead atoms. The molecule has 1 aromatic heterocycles. The Morgan fingerprint density at radius 3 is 2.94 bits per heavy atom. The number of anilines is 1. The molecule has 1 atom stereocenters. The number of aromatic nitrogens is 2. The fourth-order valence-electron chi connectivity index (χ4n) is 2.54. The summed E-state index contributed by atoms with van der Waals surface area (Å²) in [4.78, 5) is 4.55. The zero-order chi connectivity index (χ0) is 11.9. The third-order valence-electron chi connectivity index (χ3n) is 3.77. The standard InChI is InChI=1S/C14H15N3O/c1-2-4-12-10(3-1)7-11(8-15-12)14-16-13(17-18-14)9-5-6-9/h1-4,9,11,15H,5-8H2. The van der Waals surface area contributed by atoms with Gasteiger partial charge >= 0.3 is 0 Å². The minimum atomic E-state index is 0.305. The van der Waals surface area contributed by atoms with Crippen molar-refractivity contribution in [3.63, 3.8) is 0 Å². The molecule has 4 rings (SSSR count). The van der Waals surface area contributed by atoms with Crippen molar-refractivity contribution in [2.24, 2.45) is 0 Å². The highest BCUT2D eigenvalue weighted by Gasteiger charge is 2.31. The molecule has 1 unspecified atom stereocenters. The van der Waals surface area contributed by atoms with Crippen molar-refractivity contribution in [2.45, 2.75) is 31.1 Å². The molecule has 1 aliphatic carbocycles. The number of para-hydroxylation sites is 1. The fraction of sp³-hybridized carbons (Fsp3) is 0.429. The number of hydrogen-bond acceptors (Lipinski definition) is 4. The Hall–Kier alpha value is -1.84. The maximum Gasteiger partial charge on any atom is 0.231 e. The van der Waals surface area contributed by atoms with Crippen LogP contribution < -0.4 is 5.32 Å². The number of nitrogens with one attached hydrogen (secondary N) is 1. The Morgan fingerprint density at radius 2 is 2.06 bits per heavy atom. The average Bonchev–Trinajstić information content (AvgIpc) is 3.16. The van der Waals surface area contributed by atoms with Gasteiger partial charge in [-0.1, -0.05) is 23.4 Å². The lowest BCUT2D eigenvalue weighted by atomic mass is 9.94. The summed E-state index contributed by atoms with van der Waals surface area (Å²) in [6.07, 6.45) is 3.41. The first-order valence-corrected chi connectivity index (χ1v) is 6.55. The van der Waals surface area contributed by atoms with Crippen LogP contribution in [0.15, 0.2) is 28.8 Å². The van der Waals surface area contributed by atoms with Crippen molar-refractivity contribution < 1.29 is 4.52 Å². The van der Waals surface area contributed by atoms with Crippen LogP contribution in [0.5, 0.6) is 0 Å². The molecule has 2 aliphatic rings. The highest BCUT2D eigenvalue weighted by Crippen LogP contribution is 2.39. The van der Waals surface area contributed by atoms with E-state index >= 15 is 0 Å². The summed E-state index contributed by atoms with van der Waals surface area (Å²) in [6.45, 7) is 0.878. The Morgan fingerprint density at radius 1 is 1.17 bits per heavy atom. The van der Waals surface area contributed by atoms with Gasteiger partial charge in [0, 0.05) is 18.2 Å². The van der Waals surface area contributed by atoms with Gasteiger partial charge in [-0.15, -0.1) is 0 Å². The summed E-state index contributed by atoms with van der Waals surface area (Å²) in [6, 6.07) is 8.41. The van der Waals surface area contributed by atoms with E-state index in [1.165, 1.54) is 24.1 Å². The van der Waals surface area contributed by atoms with E-state index in [9.17, 15) is 0 Å². The topological polar surface area (TPSA) is 51.0 Å². The minimum absolute atomic E-state index is 0.305. The molecule has 0 amide bonds. The van der Waals surface area contributed by atoms with Crippen molar-refractivity contribution in [1.82, 2.24) is 10.1 Å². The minimum Gasteiger partial charge on any atom is -0.384 e. The van der Waals surface area contributed by atoms with E-state index in [1.54, 1.807) is 0 Å². The van der Waals surface area contributed by atoms with Crippen LogP contribution in [0.2, 0.25) is 0 Å². The largest absolute Gasteiger partial charge is 0.384 e. The number of hydrogen-bond donors (Lipinski definition) is 1. The van der Waals surface area contributed by atoms with E-state index in [1.807, 2.05) is 0 Å². The molecule has 0 radical (unpaired) electrons. The van der Waals surface area contributed by atoms with Gasteiger partial charge in [-0.2, -0.15) is 4.98 Å². The Labute approximate surface area is 105 Å². The molecule has 1 fully saturated rings. The maximum atomic E-state index is 5.42. The number of nitrogens with zero attached hydrogens (tertiary/aromatic N) is 2. The molecule has 1 aromatic carbocycles. The molecule has 2 heterocycles. The van der Waals surface area contributed by atoms with Gasteiger partial charge in [0.15, 0.2) is 5.82 Å². The third kappa shape index (κ3) is 1.68. The van der Waals surface area contributed by atoms with Crippen molar-refractivity contribution in [3.05, 3.63) is 41.5 Å². The third-order valence-corrected chi connectivity index (χ3v) is 3.77. The first-order chi connectivity index (χ1) is 8.90. The van der Waals surface area contributed by atoms with Crippen LogP contribution in [-0.4, -0.2) is 16.7 Å². The summed E-state index contributed by atoms with van der Waals surface area (Å²) >= 11 is 0. The maximum absolute atomic E-state index is 5.42. The van der Waals surface area contributed by atoms with Crippen LogP contribution in [-0.2, 0) is 6.42 Å². The highest BCUT2D eigenvalue weighted by atomic mass is 16.5. The Balaban J connectivity index is 1.59. The second-order valence-electron chi connectivity index (χ2n) is 5.20. The number of fused-ring (bicyclic) bond motifs is 1. The second-order valence-corrected chi connectivity index (χ2v) is 5.20. The molecule has 4 heteroatoms. The van der Waals surface area contributed by atoms with Gasteiger partial charge in [-0.25, -0.2) is 0 Å². The van der Waals surface area contributed by atoms with Crippen LogP contribution in [0.25, 0.3) is 0 Å². The van der Waals surface area contributed by atoms with E-state index < -0.39 is 0 Å². The van der Waals surface area contributed by atoms with Gasteiger partial charge in [0.05, 0.1) is 5.92 Å². The zero-order valence-corrected chi connectivity index (χ0v) is 10.1. The van der Waals surface area contributed by atoms with Crippen molar-refractivity contribution in [3.8, 4) is 0 Å². The zero-order valence-electron chi connectivity index (χ0n) is 10.1. The lowest BCUT2D eigenvalue weighted by molar-refractivity contribution is 0.350. The van der Waals surface area contributed by atoms with E-state index in [-0.39, 0.29) is 0 Å². The van der Waals surface area contributed by atoms with Crippen molar-refractivity contribution in [2.75, 3.05) is 11.9 Å². The lowest BCUT2D eigenvalue weighted by Gasteiger charge is -2.23. The molecular weight excluding hydrogens is 226 g/mol. The van der Waals surface area contributed by atoms with Crippen LogP contribution in [0.1, 0.15) is 42.0 Å². The van der Waals surface area contributed by atoms with Crippen molar-refractivity contribution >= 4 is 5.69 Å². The van der Waals surface area contributed by atoms with Gasteiger partial charge in [-0.3, -0.25) is 0 Å². The molecule has 18 heavy (non-hydrogen) atoms. The molecule has 1 aliphatic heterocycles. The molecule has 2 aromatic rings. The van der Waals surface area contributed by atoms with Gasteiger partial charge in [-0.05, 0) is 30.9 Å². The molecule has 1 N–H and O–H groups in total. The van der Waals surface area contributed by atoms with Crippen molar-refractivity contribution in [1.29, 1.82) is 0 Å². The van der Waals surface area contributed by atoms with Crippen LogP contribution in [0.4, 0.5) is 5.69 Å². The Bertz CT molecular complexity index is 574. The summed E-state index contributed by atoms with van der Waals surface area (Å²) in [5.74, 6) is 2.56. The van der Waals surface area contributed by atoms with E-state index in [0.29, 0.717) is 11.8 Å².